The molecule has 7 N–H and O–H groups in total. The van der Waals surface area contributed by atoms with Crippen LogP contribution in [0, 0.1) is 23.7 Å². The smallest absolute Gasteiger partial charge is 0.311 e. The number of phosphoric acid groups is 1. The molecular formula is C97H187O17P-2. The lowest BCUT2D eigenvalue weighted by molar-refractivity contribution is -0.379. The number of carbonyl (C=O) groups is 1. The molecule has 3 aliphatic rings. The van der Waals surface area contributed by atoms with E-state index in [0.29, 0.717) is 24.9 Å². The van der Waals surface area contributed by atoms with Crippen LogP contribution in [0.2, 0.25) is 0 Å². The molecule has 1 saturated carbocycles. The summed E-state index contributed by atoms with van der Waals surface area (Å²) in [6.45, 7) is 5.38. The molecule has 0 aromatic carbocycles. The van der Waals surface area contributed by atoms with Crippen LogP contribution >= 0.6 is 7.82 Å². The van der Waals surface area contributed by atoms with E-state index >= 15 is 0 Å². The van der Waals surface area contributed by atoms with Crippen molar-refractivity contribution in [1.29, 1.82) is 0 Å². The van der Waals surface area contributed by atoms with Gasteiger partial charge in [0.25, 0.3) is 0 Å². The zero-order valence-corrected chi connectivity index (χ0v) is 76.0. The molecule has 3 rings (SSSR count). The minimum absolute atomic E-state index is 0.406. The summed E-state index contributed by atoms with van der Waals surface area (Å²) in [7, 11) is -3.58. The van der Waals surface area contributed by atoms with Gasteiger partial charge in [-0.15, -0.1) is 0 Å². The van der Waals surface area contributed by atoms with Crippen molar-refractivity contribution in [1.82, 2.24) is 0 Å². The fraction of sp³-hybridized carbons (Fsp3) is 0.990. The van der Waals surface area contributed by atoms with E-state index in [2.05, 4.69) is 25.3 Å². The van der Waals surface area contributed by atoms with Crippen molar-refractivity contribution >= 4 is 13.8 Å². The molecule has 1 aliphatic carbocycles. The molecule has 115 heavy (non-hydrogen) atoms. The van der Waals surface area contributed by atoms with Gasteiger partial charge in [0, 0.05) is 7.11 Å². The van der Waals surface area contributed by atoms with E-state index in [1.165, 1.54) is 411 Å². The van der Waals surface area contributed by atoms with Crippen molar-refractivity contribution in [2.24, 2.45) is 23.7 Å². The Bertz CT molecular complexity index is 2160. The lowest BCUT2D eigenvalue weighted by Gasteiger charge is -2.45. The van der Waals surface area contributed by atoms with Crippen molar-refractivity contribution in [3.63, 3.8) is 0 Å². The number of carbonyl (C=O) groups excluding carboxylic acids is 1. The predicted molar refractivity (Wildman–Crippen MR) is 468 cm³/mol. The summed E-state index contributed by atoms with van der Waals surface area (Å²) in [5, 5.41) is 75.6. The highest BCUT2D eigenvalue weighted by atomic mass is 31.2. The van der Waals surface area contributed by atoms with Gasteiger partial charge < -0.3 is 78.3 Å². The number of hydrogen-bond donors (Lipinski definition) is 7. The highest BCUT2D eigenvalue weighted by Gasteiger charge is 2.50. The van der Waals surface area contributed by atoms with Crippen molar-refractivity contribution in [3.05, 3.63) is 0 Å². The Morgan fingerprint density at radius 2 is 0.617 bits per heavy atom. The number of aliphatic hydroxyl groups is 7. The van der Waals surface area contributed by atoms with E-state index in [1.807, 2.05) is 7.11 Å². The average Bonchev–Trinajstić information content (AvgIpc) is 1.61. The lowest BCUT2D eigenvalue weighted by atomic mass is 9.91. The zero-order valence-electron chi connectivity index (χ0n) is 75.1. The maximum absolute atomic E-state index is 13.9. The Morgan fingerprint density at radius 3 is 0.913 bits per heavy atom. The molecule has 0 bridgehead atoms. The van der Waals surface area contributed by atoms with Gasteiger partial charge in [-0.05, 0) is 49.9 Å². The molecule has 0 aromatic rings. The zero-order chi connectivity index (χ0) is 83.3. The van der Waals surface area contributed by atoms with Crippen molar-refractivity contribution in [3.8, 4) is 0 Å². The van der Waals surface area contributed by atoms with Crippen LogP contribution in [-0.2, 0) is 37.6 Å². The van der Waals surface area contributed by atoms with Gasteiger partial charge in [-0.2, -0.15) is 0 Å². The highest BCUT2D eigenvalue weighted by Crippen LogP contribution is 2.46. The first-order valence-corrected chi connectivity index (χ1v) is 51.6. The highest BCUT2D eigenvalue weighted by molar-refractivity contribution is 7.43. The minimum atomic E-state index is -5.53. The van der Waals surface area contributed by atoms with Gasteiger partial charge in [-0.1, -0.05) is 464 Å². The third-order valence-corrected chi connectivity index (χ3v) is 26.9. The van der Waals surface area contributed by atoms with Crippen LogP contribution in [0.15, 0.2) is 0 Å². The van der Waals surface area contributed by atoms with E-state index in [9.17, 15) is 54.9 Å². The number of ether oxygens (including phenoxy) is 5. The van der Waals surface area contributed by atoms with Crippen LogP contribution in [0.5, 0.6) is 0 Å². The fourth-order valence-electron chi connectivity index (χ4n) is 18.3. The summed E-state index contributed by atoms with van der Waals surface area (Å²) in [5.74, 6) is 1.23. The van der Waals surface area contributed by atoms with Crippen LogP contribution in [0.3, 0.4) is 0 Å². The number of aliphatic hydroxyl groups excluding tert-OH is 7. The molecule has 17 nitrogen and oxygen atoms in total. The topological polar surface area (TPSA) is 277 Å². The molecule has 0 spiro atoms. The van der Waals surface area contributed by atoms with E-state index in [1.54, 1.807) is 0 Å². The summed E-state index contributed by atoms with van der Waals surface area (Å²) in [4.78, 5) is 36.1. The average molecular weight is 1660 g/mol. The minimum Gasteiger partial charge on any atom is -0.790 e. The summed E-state index contributed by atoms with van der Waals surface area (Å²) in [5.41, 5.74) is 0. The molecule has 0 radical (unpaired) electrons. The molecule has 2 saturated heterocycles. The summed E-state index contributed by atoms with van der Waals surface area (Å²) < 4.78 is 43.7. The van der Waals surface area contributed by atoms with Crippen LogP contribution < -0.4 is 9.79 Å². The van der Waals surface area contributed by atoms with Crippen LogP contribution in [0.1, 0.15) is 496 Å². The number of hydrogen-bond acceptors (Lipinski definition) is 17. The summed E-state index contributed by atoms with van der Waals surface area (Å²) in [6.07, 6.45) is 78.4. The van der Waals surface area contributed by atoms with Crippen molar-refractivity contribution in [2.75, 3.05) is 20.3 Å². The van der Waals surface area contributed by atoms with Gasteiger partial charge in [-0.25, -0.2) is 0 Å². The van der Waals surface area contributed by atoms with Gasteiger partial charge in [-0.3, -0.25) is 4.79 Å². The molecule has 18 heteroatoms. The second-order valence-corrected chi connectivity index (χ2v) is 38.1. The third kappa shape index (κ3) is 58.1. The molecule has 2 aliphatic heterocycles. The third-order valence-electron chi connectivity index (χ3n) is 26.4. The maximum atomic E-state index is 13.9. The quantitative estimate of drug-likeness (QED) is 0.0169. The summed E-state index contributed by atoms with van der Waals surface area (Å²) in [6, 6.07) is 0. The Labute approximate surface area is 706 Å². The van der Waals surface area contributed by atoms with E-state index in [4.69, 9.17) is 23.7 Å². The Balaban J connectivity index is 1.16. The van der Waals surface area contributed by atoms with Crippen LogP contribution in [0.4, 0.5) is 0 Å². The molecule has 16 atom stereocenters. The summed E-state index contributed by atoms with van der Waals surface area (Å²) >= 11 is 0. The van der Waals surface area contributed by atoms with E-state index < -0.39 is 100 Å². The van der Waals surface area contributed by atoms with E-state index in [0.717, 1.165) is 63.2 Å². The number of methoxy groups -OCH3 is 1. The Morgan fingerprint density at radius 1 is 0.357 bits per heavy atom. The molecule has 0 amide bonds. The monoisotopic (exact) mass is 1660 g/mol. The van der Waals surface area contributed by atoms with E-state index in [-0.39, 0.29) is 0 Å². The SMILES string of the molecule is CCCCCCCCCCCCCCCCCCCCCCCCC(C(=O)OC[C@H]1O[C@H](O[C@H]2O[C@H](COP(=O)([O-])[O-])[C@@H](O)[C@H](O)[C@H]2O)[C@H](O)[C@@H](O)[C@@H]1O)[C@H](O)CCCCCCCCCCCCCCCCCC1CC1CCCCCCCCCCCCCCCCC(OC)C(C)CCCCCCCCCCCCCCCCCC. The van der Waals surface area contributed by atoms with Crippen LogP contribution in [0.25, 0.3) is 0 Å². The number of phosphoric ester groups is 1. The van der Waals surface area contributed by atoms with Gasteiger partial charge in [0.2, 0.25) is 0 Å². The predicted octanol–water partition coefficient (Wildman–Crippen LogP) is 23.8. The van der Waals surface area contributed by atoms with Crippen molar-refractivity contribution in [2.45, 2.75) is 570 Å². The standard InChI is InChI=1S/C97H189O17P/c1-5-7-9-11-13-15-17-19-21-23-24-25-26-27-28-32-39-45-51-57-63-69-75-84(95(105)110-79-87-89(99)91(101)93(103)96(112-87)114-97-94(104)92(102)90(100)88(113-97)80-111-115(106,107)108)85(98)76-70-64-58-52-46-40-33-29-31-37-43-49-55-61-67-73-82-78-83(82)74-68-62-56-50-44-38-34-35-41-47-53-59-65-71-77-86(109-4)81(3)72-66-60-54-48-42-36-30-22-20-18-16-14-12-10-8-6-2/h81-94,96-104H,5-80H2,1-4H3,(H2,106,107,108)/p-2/t81?,82?,83?,84?,85-,86?,87-,88-,89-,90-,91+,92+,93-,94-,96-,97-/m1/s1. The second-order valence-electron chi connectivity index (χ2n) is 36.9. The first-order chi connectivity index (χ1) is 56.0. The first-order valence-electron chi connectivity index (χ1n) is 50.1. The van der Waals surface area contributed by atoms with Crippen molar-refractivity contribution < 1.29 is 83.1 Å². The number of rotatable bonds is 86. The second kappa shape index (κ2) is 74.6. The number of unbranched alkanes of at least 4 members (excludes halogenated alkanes) is 63. The Hall–Kier alpha value is -0.860. The fourth-order valence-corrected chi connectivity index (χ4v) is 18.7. The molecule has 684 valence electrons. The molecular weight excluding hydrogens is 1470 g/mol. The van der Waals surface area contributed by atoms with Gasteiger partial charge in [0.1, 0.15) is 55.4 Å². The van der Waals surface area contributed by atoms with Gasteiger partial charge in [0.05, 0.1) is 32.6 Å². The first kappa shape index (κ1) is 108. The van der Waals surface area contributed by atoms with Gasteiger partial charge >= 0.3 is 5.97 Å². The van der Waals surface area contributed by atoms with Gasteiger partial charge in [0.15, 0.2) is 12.6 Å². The maximum Gasteiger partial charge on any atom is 0.311 e. The largest absolute Gasteiger partial charge is 0.790 e. The molecule has 2 heterocycles. The normalized spacial score (nSPS) is 22.9. The Kier molecular flexibility index (Phi) is 70.2. The lowest BCUT2D eigenvalue weighted by Crippen LogP contribution is -2.64. The van der Waals surface area contributed by atoms with Crippen LogP contribution in [-0.4, -0.2) is 136 Å². The number of esters is 1. The molecule has 3 fully saturated rings. The molecule has 5 unspecified atom stereocenters. The molecule has 0 aromatic heterocycles.